The molecule has 2 aromatic heterocycles. The molecule has 0 saturated heterocycles. The van der Waals surface area contributed by atoms with Gasteiger partial charge in [0.2, 0.25) is 11.7 Å². The summed E-state index contributed by atoms with van der Waals surface area (Å²) in [4.78, 5) is 21.9. The number of fused-ring (bicyclic) bond motifs is 1. The number of pyridine rings is 1. The number of methoxy groups -OCH3 is 3. The summed E-state index contributed by atoms with van der Waals surface area (Å²) in [6, 6.07) is 7.05. The van der Waals surface area contributed by atoms with Crippen LogP contribution in [0.4, 0.5) is 5.95 Å². The summed E-state index contributed by atoms with van der Waals surface area (Å²) in [5.41, 5.74) is 3.24. The van der Waals surface area contributed by atoms with Crippen molar-refractivity contribution in [3.05, 3.63) is 53.5 Å². The Morgan fingerprint density at radius 2 is 1.88 bits per heavy atom. The van der Waals surface area contributed by atoms with Crippen LogP contribution in [0.25, 0.3) is 11.4 Å². The van der Waals surface area contributed by atoms with E-state index in [0.717, 1.165) is 29.7 Å². The molecule has 164 valence electrons. The van der Waals surface area contributed by atoms with E-state index < -0.39 is 0 Å². The lowest BCUT2D eigenvalue weighted by Crippen LogP contribution is -2.31. The number of carbonyl (C=O) groups is 1. The van der Waals surface area contributed by atoms with Crippen LogP contribution in [-0.4, -0.2) is 46.9 Å². The molecular weight excluding hydrogens is 410 g/mol. The smallest absolute Gasteiger partial charge is 0.226 e. The molecule has 0 radical (unpaired) electrons. The molecule has 0 amide bonds. The summed E-state index contributed by atoms with van der Waals surface area (Å²) in [5, 5.41) is 8.13. The second-order valence-corrected chi connectivity index (χ2v) is 7.60. The van der Waals surface area contributed by atoms with Crippen molar-refractivity contribution in [2.24, 2.45) is 0 Å². The number of aromatic nitrogens is 4. The second kappa shape index (κ2) is 7.99. The number of ketones is 1. The summed E-state index contributed by atoms with van der Waals surface area (Å²) in [7, 11) is 4.69. The molecule has 1 aliphatic heterocycles. The quantitative estimate of drug-likeness (QED) is 0.654. The van der Waals surface area contributed by atoms with Crippen molar-refractivity contribution in [2.45, 2.75) is 25.3 Å². The lowest BCUT2D eigenvalue weighted by Gasteiger charge is -2.31. The van der Waals surface area contributed by atoms with Crippen LogP contribution in [0.15, 0.2) is 47.9 Å². The van der Waals surface area contributed by atoms with Gasteiger partial charge in [-0.05, 0) is 36.6 Å². The molecule has 1 atom stereocenters. The molecule has 0 bridgehead atoms. The lowest BCUT2D eigenvalue weighted by atomic mass is 9.86. The third-order valence-electron chi connectivity index (χ3n) is 5.79. The molecule has 3 heterocycles. The van der Waals surface area contributed by atoms with Crippen LogP contribution >= 0.6 is 0 Å². The Morgan fingerprint density at radius 3 is 2.53 bits per heavy atom. The summed E-state index contributed by atoms with van der Waals surface area (Å²) in [5.74, 6) is 2.71. The fourth-order valence-corrected chi connectivity index (χ4v) is 4.33. The predicted octanol–water partition coefficient (Wildman–Crippen LogP) is 3.39. The van der Waals surface area contributed by atoms with Crippen LogP contribution in [0.5, 0.6) is 17.2 Å². The van der Waals surface area contributed by atoms with Crippen LogP contribution in [-0.2, 0) is 4.79 Å². The summed E-state index contributed by atoms with van der Waals surface area (Å²) in [6.45, 7) is 0. The van der Waals surface area contributed by atoms with Gasteiger partial charge in [0.15, 0.2) is 23.1 Å². The molecule has 0 saturated carbocycles. The zero-order valence-corrected chi connectivity index (χ0v) is 18.1. The Hall–Kier alpha value is -3.88. The van der Waals surface area contributed by atoms with Gasteiger partial charge in [-0.2, -0.15) is 4.98 Å². The highest BCUT2D eigenvalue weighted by molar-refractivity contribution is 5.99. The molecule has 3 aromatic rings. The number of Topliss-reactive ketones (excluding diaryl/α,β-unsaturated/α-hetero) is 1. The number of carbonyl (C=O) groups excluding carboxylic acids is 1. The number of anilines is 1. The molecule has 0 spiro atoms. The highest BCUT2D eigenvalue weighted by Gasteiger charge is 2.37. The molecule has 1 aromatic carbocycles. The van der Waals surface area contributed by atoms with Gasteiger partial charge in [0.05, 0.1) is 21.3 Å². The number of allylic oxidation sites excluding steroid dienone is 2. The SMILES string of the molecule is COc1cc(-c2nc3n(n2)[C@@H](c2cccnc2)C2=C(CCCC2=O)N3)cc(OC)c1OC. The summed E-state index contributed by atoms with van der Waals surface area (Å²) < 4.78 is 18.1. The monoisotopic (exact) mass is 433 g/mol. The van der Waals surface area contributed by atoms with Gasteiger partial charge in [0.1, 0.15) is 6.04 Å². The standard InChI is InChI=1S/C23H23N5O4/c1-30-17-10-14(11-18(31-2)21(17)32-3)22-26-23-25-15-7-4-8-16(29)19(15)20(28(23)27-22)13-6-5-9-24-12-13/h5-6,9-12,20H,4,7-8H2,1-3H3,(H,25,26,27)/t20-/m0/s1. The zero-order valence-electron chi connectivity index (χ0n) is 18.1. The fourth-order valence-electron chi connectivity index (χ4n) is 4.33. The molecule has 5 rings (SSSR count). The lowest BCUT2D eigenvalue weighted by molar-refractivity contribution is -0.116. The Balaban J connectivity index is 1.66. The largest absolute Gasteiger partial charge is 0.493 e. The molecule has 1 aliphatic carbocycles. The van der Waals surface area contributed by atoms with Gasteiger partial charge >= 0.3 is 0 Å². The molecule has 1 N–H and O–H groups in total. The Labute approximate surface area is 185 Å². The van der Waals surface area contributed by atoms with Crippen LogP contribution in [0.1, 0.15) is 30.9 Å². The first-order valence-corrected chi connectivity index (χ1v) is 10.3. The van der Waals surface area contributed by atoms with Crippen LogP contribution in [0, 0.1) is 0 Å². The first-order valence-electron chi connectivity index (χ1n) is 10.3. The normalized spacial score (nSPS) is 17.3. The Kier molecular flexibility index (Phi) is 5.01. The van der Waals surface area contributed by atoms with E-state index in [9.17, 15) is 4.79 Å². The van der Waals surface area contributed by atoms with E-state index in [1.807, 2.05) is 12.1 Å². The molecule has 2 aliphatic rings. The van der Waals surface area contributed by atoms with Gasteiger partial charge in [0.25, 0.3) is 0 Å². The average molecular weight is 433 g/mol. The van der Waals surface area contributed by atoms with Crippen LogP contribution in [0.3, 0.4) is 0 Å². The minimum atomic E-state index is -0.383. The van der Waals surface area contributed by atoms with Crippen molar-refractivity contribution in [1.82, 2.24) is 19.7 Å². The van der Waals surface area contributed by atoms with Gasteiger partial charge in [-0.1, -0.05) is 6.07 Å². The van der Waals surface area contributed by atoms with Gasteiger partial charge < -0.3 is 19.5 Å². The van der Waals surface area contributed by atoms with E-state index in [1.165, 1.54) is 0 Å². The van der Waals surface area contributed by atoms with Gasteiger partial charge in [-0.3, -0.25) is 9.78 Å². The predicted molar refractivity (Wildman–Crippen MR) is 117 cm³/mol. The highest BCUT2D eigenvalue weighted by atomic mass is 16.5. The van der Waals surface area contributed by atoms with Crippen molar-refractivity contribution < 1.29 is 19.0 Å². The van der Waals surface area contributed by atoms with Crippen LogP contribution < -0.4 is 19.5 Å². The van der Waals surface area contributed by atoms with Crippen molar-refractivity contribution >= 4 is 11.7 Å². The second-order valence-electron chi connectivity index (χ2n) is 7.60. The molecule has 9 heteroatoms. The highest BCUT2D eigenvalue weighted by Crippen LogP contribution is 2.43. The van der Waals surface area contributed by atoms with Crippen molar-refractivity contribution in [2.75, 3.05) is 26.6 Å². The molecule has 0 unspecified atom stereocenters. The molecule has 32 heavy (non-hydrogen) atoms. The summed E-state index contributed by atoms with van der Waals surface area (Å²) >= 11 is 0. The number of hydrogen-bond acceptors (Lipinski definition) is 8. The van der Waals surface area contributed by atoms with E-state index in [-0.39, 0.29) is 11.8 Å². The minimum Gasteiger partial charge on any atom is -0.493 e. The van der Waals surface area contributed by atoms with E-state index in [1.54, 1.807) is 50.5 Å². The zero-order chi connectivity index (χ0) is 22.2. The first kappa shape index (κ1) is 20.0. The first-order chi connectivity index (χ1) is 15.6. The van der Waals surface area contributed by atoms with Crippen molar-refractivity contribution in [1.29, 1.82) is 0 Å². The van der Waals surface area contributed by atoms with E-state index >= 15 is 0 Å². The van der Waals surface area contributed by atoms with Gasteiger partial charge in [0, 0.05) is 35.6 Å². The van der Waals surface area contributed by atoms with Crippen LogP contribution in [0.2, 0.25) is 0 Å². The third-order valence-corrected chi connectivity index (χ3v) is 5.79. The maximum absolute atomic E-state index is 12.9. The maximum atomic E-state index is 12.9. The van der Waals surface area contributed by atoms with Crippen molar-refractivity contribution in [3.8, 4) is 28.6 Å². The summed E-state index contributed by atoms with van der Waals surface area (Å²) in [6.07, 6.45) is 5.63. The third kappa shape index (κ3) is 3.17. The molecule has 0 fully saturated rings. The van der Waals surface area contributed by atoms with Crippen molar-refractivity contribution in [3.63, 3.8) is 0 Å². The fraction of sp³-hybridized carbons (Fsp3) is 0.304. The maximum Gasteiger partial charge on any atom is 0.226 e. The number of rotatable bonds is 5. The van der Waals surface area contributed by atoms with Gasteiger partial charge in [-0.15, -0.1) is 5.10 Å². The minimum absolute atomic E-state index is 0.128. The Bertz CT molecular complexity index is 1190. The number of ether oxygens (including phenoxy) is 3. The van der Waals surface area contributed by atoms with Gasteiger partial charge in [-0.25, -0.2) is 4.68 Å². The molecule has 9 nitrogen and oxygen atoms in total. The van der Waals surface area contributed by atoms with E-state index in [0.29, 0.717) is 41.0 Å². The molecular formula is C23H23N5O4. The number of nitrogens with zero attached hydrogens (tertiary/aromatic N) is 4. The number of benzene rings is 1. The Morgan fingerprint density at radius 1 is 1.09 bits per heavy atom. The number of hydrogen-bond donors (Lipinski definition) is 1. The van der Waals surface area contributed by atoms with E-state index in [4.69, 9.17) is 24.3 Å². The van der Waals surface area contributed by atoms with E-state index in [2.05, 4.69) is 10.3 Å². The number of nitrogens with one attached hydrogen (secondary N) is 1. The average Bonchev–Trinajstić information content (AvgIpc) is 3.26. The topological polar surface area (TPSA) is 100 Å².